The van der Waals surface area contributed by atoms with E-state index in [1.54, 1.807) is 0 Å². The standard InChI is InChI=1S/C14H21N3O/c18-14-6-3-8-16(11-14)10-12-7-9-17(15-12)13-4-1-2-5-13/h7,9,13H,1-6,8,10-11H2. The van der Waals surface area contributed by atoms with Gasteiger partial charge in [-0.05, 0) is 31.9 Å². The van der Waals surface area contributed by atoms with Crippen LogP contribution < -0.4 is 0 Å². The van der Waals surface area contributed by atoms with Gasteiger partial charge in [0.2, 0.25) is 0 Å². The monoisotopic (exact) mass is 247 g/mol. The molecule has 0 amide bonds. The van der Waals surface area contributed by atoms with E-state index in [0.717, 1.165) is 31.6 Å². The van der Waals surface area contributed by atoms with Crippen LogP contribution in [0.2, 0.25) is 0 Å². The van der Waals surface area contributed by atoms with Gasteiger partial charge in [0.05, 0.1) is 18.3 Å². The first-order chi connectivity index (χ1) is 8.81. The number of carbonyl (C=O) groups excluding carboxylic acids is 1. The predicted molar refractivity (Wildman–Crippen MR) is 69.3 cm³/mol. The van der Waals surface area contributed by atoms with E-state index in [0.29, 0.717) is 18.4 Å². The number of aromatic nitrogens is 2. The second-order valence-corrected chi connectivity index (χ2v) is 5.58. The zero-order chi connectivity index (χ0) is 12.4. The third kappa shape index (κ3) is 2.64. The van der Waals surface area contributed by atoms with Crippen molar-refractivity contribution in [2.24, 2.45) is 0 Å². The van der Waals surface area contributed by atoms with Crippen molar-refractivity contribution in [1.29, 1.82) is 0 Å². The van der Waals surface area contributed by atoms with Crippen molar-refractivity contribution >= 4 is 5.78 Å². The van der Waals surface area contributed by atoms with Crippen molar-refractivity contribution in [1.82, 2.24) is 14.7 Å². The summed E-state index contributed by atoms with van der Waals surface area (Å²) < 4.78 is 2.13. The van der Waals surface area contributed by atoms with Gasteiger partial charge in [0.1, 0.15) is 5.78 Å². The first kappa shape index (κ1) is 11.9. The second kappa shape index (κ2) is 5.22. The number of piperidine rings is 1. The summed E-state index contributed by atoms with van der Waals surface area (Å²) in [6.07, 6.45) is 9.07. The highest BCUT2D eigenvalue weighted by Crippen LogP contribution is 2.28. The number of hydrogen-bond donors (Lipinski definition) is 0. The molecule has 1 aliphatic heterocycles. The van der Waals surface area contributed by atoms with E-state index in [4.69, 9.17) is 0 Å². The largest absolute Gasteiger partial charge is 0.298 e. The average Bonchev–Trinajstić information content (AvgIpc) is 2.98. The molecule has 0 spiro atoms. The number of likely N-dealkylation sites (tertiary alicyclic amines) is 1. The Labute approximate surface area is 108 Å². The molecule has 0 aromatic carbocycles. The van der Waals surface area contributed by atoms with Crippen molar-refractivity contribution in [2.45, 2.75) is 51.1 Å². The highest BCUT2D eigenvalue weighted by Gasteiger charge is 2.20. The van der Waals surface area contributed by atoms with Gasteiger partial charge in [-0.1, -0.05) is 12.8 Å². The Balaban J connectivity index is 1.60. The first-order valence-corrected chi connectivity index (χ1v) is 7.09. The van der Waals surface area contributed by atoms with E-state index in [9.17, 15) is 4.79 Å². The molecular weight excluding hydrogens is 226 g/mol. The Morgan fingerprint density at radius 3 is 2.89 bits per heavy atom. The zero-order valence-electron chi connectivity index (χ0n) is 10.8. The maximum atomic E-state index is 11.4. The third-order valence-corrected chi connectivity index (χ3v) is 4.08. The van der Waals surface area contributed by atoms with Gasteiger partial charge >= 0.3 is 0 Å². The number of rotatable bonds is 3. The highest BCUT2D eigenvalue weighted by atomic mass is 16.1. The van der Waals surface area contributed by atoms with Crippen molar-refractivity contribution in [3.63, 3.8) is 0 Å². The molecule has 2 fully saturated rings. The van der Waals surface area contributed by atoms with Crippen LogP contribution in [-0.2, 0) is 11.3 Å². The summed E-state index contributed by atoms with van der Waals surface area (Å²) in [5, 5.41) is 4.68. The van der Waals surface area contributed by atoms with Crippen LogP contribution in [0.15, 0.2) is 12.3 Å². The van der Waals surface area contributed by atoms with E-state index in [1.807, 2.05) is 0 Å². The van der Waals surface area contributed by atoms with Crippen LogP contribution in [0.5, 0.6) is 0 Å². The van der Waals surface area contributed by atoms with Gasteiger partial charge in [-0.2, -0.15) is 5.10 Å². The minimum absolute atomic E-state index is 0.372. The molecule has 1 saturated heterocycles. The van der Waals surface area contributed by atoms with Crippen molar-refractivity contribution in [2.75, 3.05) is 13.1 Å². The Morgan fingerprint density at radius 2 is 2.11 bits per heavy atom. The summed E-state index contributed by atoms with van der Waals surface area (Å²) in [6, 6.07) is 2.72. The topological polar surface area (TPSA) is 38.1 Å². The Hall–Kier alpha value is -1.16. The van der Waals surface area contributed by atoms with Gasteiger partial charge in [0.15, 0.2) is 0 Å². The summed E-state index contributed by atoms with van der Waals surface area (Å²) in [5.74, 6) is 0.372. The lowest BCUT2D eigenvalue weighted by Gasteiger charge is -2.24. The molecule has 2 heterocycles. The second-order valence-electron chi connectivity index (χ2n) is 5.58. The molecule has 0 atom stereocenters. The van der Waals surface area contributed by atoms with Gasteiger partial charge in [-0.15, -0.1) is 0 Å². The van der Waals surface area contributed by atoms with Gasteiger partial charge in [-0.3, -0.25) is 14.4 Å². The summed E-state index contributed by atoms with van der Waals surface area (Å²) >= 11 is 0. The molecule has 1 aromatic rings. The van der Waals surface area contributed by atoms with Crippen LogP contribution in [0.3, 0.4) is 0 Å². The number of hydrogen-bond acceptors (Lipinski definition) is 3. The molecule has 1 aromatic heterocycles. The average molecular weight is 247 g/mol. The molecule has 18 heavy (non-hydrogen) atoms. The SMILES string of the molecule is O=C1CCCN(Cc2ccn(C3CCCC3)n2)C1. The molecule has 4 nitrogen and oxygen atoms in total. The fourth-order valence-electron chi connectivity index (χ4n) is 3.11. The maximum Gasteiger partial charge on any atom is 0.146 e. The molecule has 1 aliphatic carbocycles. The number of Topliss-reactive ketones (excluding diaryl/α,β-unsaturated/α-hetero) is 1. The molecule has 3 rings (SSSR count). The van der Waals surface area contributed by atoms with Crippen LogP contribution in [0.4, 0.5) is 0 Å². The van der Waals surface area contributed by atoms with Gasteiger partial charge in [-0.25, -0.2) is 0 Å². The fraction of sp³-hybridized carbons (Fsp3) is 0.714. The molecule has 1 saturated carbocycles. The Bertz CT molecular complexity index is 420. The lowest BCUT2D eigenvalue weighted by molar-refractivity contribution is -0.122. The van der Waals surface area contributed by atoms with E-state index < -0.39 is 0 Å². The number of ketones is 1. The number of nitrogens with zero attached hydrogens (tertiary/aromatic N) is 3. The molecule has 4 heteroatoms. The summed E-state index contributed by atoms with van der Waals surface area (Å²) in [6.45, 7) is 2.46. The third-order valence-electron chi connectivity index (χ3n) is 4.08. The molecule has 2 aliphatic rings. The predicted octanol–water partition coefficient (Wildman–Crippen LogP) is 2.16. The fourth-order valence-corrected chi connectivity index (χ4v) is 3.11. The van der Waals surface area contributed by atoms with Crippen molar-refractivity contribution < 1.29 is 4.79 Å². The summed E-state index contributed by atoms with van der Waals surface area (Å²) in [7, 11) is 0. The quantitative estimate of drug-likeness (QED) is 0.821. The zero-order valence-corrected chi connectivity index (χ0v) is 10.8. The van der Waals surface area contributed by atoms with Crippen molar-refractivity contribution in [3.05, 3.63) is 18.0 Å². The molecule has 0 unspecified atom stereocenters. The lowest BCUT2D eigenvalue weighted by atomic mass is 10.1. The van der Waals surface area contributed by atoms with Crippen molar-refractivity contribution in [3.8, 4) is 0 Å². The highest BCUT2D eigenvalue weighted by molar-refractivity contribution is 5.81. The van der Waals surface area contributed by atoms with Gasteiger partial charge in [0.25, 0.3) is 0 Å². The van der Waals surface area contributed by atoms with Crippen LogP contribution in [-0.4, -0.2) is 33.6 Å². The molecule has 0 radical (unpaired) electrons. The summed E-state index contributed by atoms with van der Waals surface area (Å²) in [5.41, 5.74) is 1.11. The molecular formula is C14H21N3O. The van der Waals surface area contributed by atoms with Crippen LogP contribution in [0, 0.1) is 0 Å². The summed E-state index contributed by atoms with van der Waals surface area (Å²) in [4.78, 5) is 13.6. The minimum atomic E-state index is 0.372. The van der Waals surface area contributed by atoms with Gasteiger partial charge in [0, 0.05) is 19.2 Å². The smallest absolute Gasteiger partial charge is 0.146 e. The van der Waals surface area contributed by atoms with Crippen LogP contribution in [0.1, 0.15) is 50.3 Å². The Morgan fingerprint density at radius 1 is 1.28 bits per heavy atom. The van der Waals surface area contributed by atoms with E-state index >= 15 is 0 Å². The maximum absolute atomic E-state index is 11.4. The minimum Gasteiger partial charge on any atom is -0.298 e. The van der Waals surface area contributed by atoms with E-state index in [2.05, 4.69) is 26.9 Å². The Kier molecular flexibility index (Phi) is 3.46. The first-order valence-electron chi connectivity index (χ1n) is 7.09. The van der Waals surface area contributed by atoms with E-state index in [-0.39, 0.29) is 0 Å². The molecule has 0 bridgehead atoms. The normalized spacial score (nSPS) is 22.8. The lowest BCUT2D eigenvalue weighted by Crippen LogP contribution is -2.35. The number of carbonyl (C=O) groups is 1. The van der Waals surface area contributed by atoms with Crippen LogP contribution >= 0.6 is 0 Å². The molecule has 98 valence electrons. The van der Waals surface area contributed by atoms with Crippen LogP contribution in [0.25, 0.3) is 0 Å². The van der Waals surface area contributed by atoms with E-state index in [1.165, 1.54) is 25.7 Å². The van der Waals surface area contributed by atoms with Gasteiger partial charge < -0.3 is 0 Å². The molecule has 0 N–H and O–H groups in total.